The molecule has 0 aliphatic carbocycles. The zero-order valence-electron chi connectivity index (χ0n) is 23.6. The van der Waals surface area contributed by atoms with E-state index in [0.29, 0.717) is 5.56 Å². The van der Waals surface area contributed by atoms with E-state index in [9.17, 15) is 55.9 Å². The molecule has 2 aromatic carbocycles. The molecule has 16 heteroatoms. The Bertz CT molecular complexity index is 1320. The summed E-state index contributed by atoms with van der Waals surface area (Å²) in [5.41, 5.74) is 0.887. The van der Waals surface area contributed by atoms with Gasteiger partial charge in [-0.05, 0) is 47.9 Å². The Hall–Kier alpha value is -3.55. The van der Waals surface area contributed by atoms with Gasteiger partial charge in [0.15, 0.2) is 35.4 Å². The second kappa shape index (κ2) is 15.2. The highest BCUT2D eigenvalue weighted by molar-refractivity contribution is 5.87. The van der Waals surface area contributed by atoms with Crippen LogP contribution in [-0.2, 0) is 30.2 Å². The van der Waals surface area contributed by atoms with E-state index in [1.807, 2.05) is 0 Å². The van der Waals surface area contributed by atoms with Crippen molar-refractivity contribution in [1.82, 2.24) is 0 Å². The quantitative estimate of drug-likeness (QED) is 0.0697. The fourth-order valence-corrected chi connectivity index (χ4v) is 4.72. The zero-order valence-corrected chi connectivity index (χ0v) is 23.6. The molecule has 0 saturated carbocycles. The number of hydrogen-bond donors (Lipinski definition) is 10. The van der Waals surface area contributed by atoms with E-state index < -0.39 is 86.3 Å². The molecule has 2 fully saturated rings. The van der Waals surface area contributed by atoms with Crippen LogP contribution >= 0.6 is 0 Å². The second-order valence-electron chi connectivity index (χ2n) is 10.4. The summed E-state index contributed by atoms with van der Waals surface area (Å²) in [5.74, 6) is -2.22. The molecule has 0 amide bonds. The van der Waals surface area contributed by atoms with Crippen LogP contribution in [0.1, 0.15) is 11.1 Å². The standard InChI is InChI=1S/C29H36O16/c30-11-19-22(36)23(37)25(39)29(43-19)42-18-5-2-13(10-17(18)34)3-6-21(35)45-27-20(12-31)44-28(26(40)24(27)38)41-8-7-14-1-4-15(32)16(33)9-14/h1-6,9-10,19-20,22-34,36-40H,7-8,11-12H2/b6-3+/t19-,20-,22-,23+,24-,25-,26-,27-,28-,29-/m1/s1. The number of phenolic OH excluding ortho intramolecular Hbond substituents is 3. The van der Waals surface area contributed by atoms with Gasteiger partial charge in [0.05, 0.1) is 19.8 Å². The molecular formula is C29H36O16. The molecule has 10 N–H and O–H groups in total. The van der Waals surface area contributed by atoms with E-state index in [4.69, 9.17) is 23.7 Å². The van der Waals surface area contributed by atoms with Crippen LogP contribution < -0.4 is 4.74 Å². The van der Waals surface area contributed by atoms with Crippen molar-refractivity contribution >= 4 is 12.0 Å². The number of ether oxygens (including phenoxy) is 5. The number of aliphatic hydroxyl groups excluding tert-OH is 7. The second-order valence-corrected chi connectivity index (χ2v) is 10.4. The fraction of sp³-hybridized carbons (Fsp3) is 0.483. The molecule has 2 heterocycles. The predicted molar refractivity (Wildman–Crippen MR) is 149 cm³/mol. The summed E-state index contributed by atoms with van der Waals surface area (Å²) in [6.45, 7) is -1.38. The van der Waals surface area contributed by atoms with E-state index in [1.54, 1.807) is 6.07 Å². The van der Waals surface area contributed by atoms with Crippen LogP contribution in [0.2, 0.25) is 0 Å². The summed E-state index contributed by atoms with van der Waals surface area (Å²) in [7, 11) is 0. The number of rotatable bonds is 11. The molecule has 0 bridgehead atoms. The summed E-state index contributed by atoms with van der Waals surface area (Å²) in [6.07, 6.45) is -12.7. The number of hydrogen-bond acceptors (Lipinski definition) is 16. The first kappa shape index (κ1) is 34.3. The minimum atomic E-state index is -1.70. The Morgan fingerprint density at radius 3 is 2.11 bits per heavy atom. The Morgan fingerprint density at radius 2 is 1.44 bits per heavy atom. The van der Waals surface area contributed by atoms with E-state index >= 15 is 0 Å². The number of aliphatic hydroxyl groups is 7. The number of aromatic hydroxyl groups is 3. The summed E-state index contributed by atoms with van der Waals surface area (Å²) >= 11 is 0. The van der Waals surface area contributed by atoms with Gasteiger partial charge in [-0.2, -0.15) is 0 Å². The van der Waals surface area contributed by atoms with Gasteiger partial charge in [-0.3, -0.25) is 0 Å². The van der Waals surface area contributed by atoms with Crippen molar-refractivity contribution in [2.75, 3.05) is 19.8 Å². The lowest BCUT2D eigenvalue weighted by atomic mass is 9.99. The number of carbonyl (C=O) groups is 1. The molecule has 45 heavy (non-hydrogen) atoms. The van der Waals surface area contributed by atoms with Crippen molar-refractivity contribution in [3.05, 3.63) is 53.6 Å². The zero-order chi connectivity index (χ0) is 32.8. The summed E-state index contributed by atoms with van der Waals surface area (Å²) < 4.78 is 26.9. The summed E-state index contributed by atoms with van der Waals surface area (Å²) in [6, 6.07) is 8.04. The molecule has 16 nitrogen and oxygen atoms in total. The van der Waals surface area contributed by atoms with Gasteiger partial charge < -0.3 is 74.7 Å². The van der Waals surface area contributed by atoms with Crippen LogP contribution in [0.15, 0.2) is 42.5 Å². The lowest BCUT2D eigenvalue weighted by Gasteiger charge is -2.41. The first-order valence-electron chi connectivity index (χ1n) is 13.9. The topological polar surface area (TPSA) is 266 Å². The average Bonchev–Trinajstić information content (AvgIpc) is 3.02. The molecule has 0 spiro atoms. The van der Waals surface area contributed by atoms with Crippen LogP contribution in [0.5, 0.6) is 23.0 Å². The van der Waals surface area contributed by atoms with E-state index in [-0.39, 0.29) is 35.8 Å². The molecule has 0 radical (unpaired) electrons. The molecule has 248 valence electrons. The van der Waals surface area contributed by atoms with Gasteiger partial charge in [-0.15, -0.1) is 0 Å². The molecule has 0 unspecified atom stereocenters. The van der Waals surface area contributed by atoms with Gasteiger partial charge in [0.2, 0.25) is 6.29 Å². The molecule has 2 aliphatic rings. The molecule has 2 aromatic rings. The third-order valence-corrected chi connectivity index (χ3v) is 7.27. The molecular weight excluding hydrogens is 604 g/mol. The minimum Gasteiger partial charge on any atom is -0.504 e. The van der Waals surface area contributed by atoms with E-state index in [2.05, 4.69) is 0 Å². The molecule has 2 aliphatic heterocycles. The highest BCUT2D eigenvalue weighted by Gasteiger charge is 2.47. The molecule has 2 saturated heterocycles. The van der Waals surface area contributed by atoms with Crippen LogP contribution in [-0.4, -0.2) is 138 Å². The molecule has 10 atom stereocenters. The maximum Gasteiger partial charge on any atom is 0.331 e. The van der Waals surface area contributed by atoms with Gasteiger partial charge >= 0.3 is 5.97 Å². The fourth-order valence-electron chi connectivity index (χ4n) is 4.72. The Morgan fingerprint density at radius 1 is 0.756 bits per heavy atom. The highest BCUT2D eigenvalue weighted by Crippen LogP contribution is 2.32. The first-order valence-corrected chi connectivity index (χ1v) is 13.9. The summed E-state index contributed by atoms with van der Waals surface area (Å²) in [5, 5.41) is 99.5. The first-order chi connectivity index (χ1) is 21.4. The van der Waals surface area contributed by atoms with Crippen molar-refractivity contribution in [2.24, 2.45) is 0 Å². The number of esters is 1. The van der Waals surface area contributed by atoms with E-state index in [0.717, 1.165) is 6.08 Å². The number of carbonyl (C=O) groups excluding carboxylic acids is 1. The van der Waals surface area contributed by atoms with Gasteiger partial charge in [-0.1, -0.05) is 12.1 Å². The summed E-state index contributed by atoms with van der Waals surface area (Å²) in [4.78, 5) is 12.5. The normalized spacial score (nSPS) is 32.0. The Balaban J connectivity index is 1.31. The van der Waals surface area contributed by atoms with Crippen LogP contribution in [0.3, 0.4) is 0 Å². The SMILES string of the molecule is O=C(/C=C/c1ccc(O[C@@H]2O[C@H](CO)[C@@H](O)[C@H](O)[C@H]2O)c(O)c1)O[C@H]1[C@H](O)[C@@H](O)[C@H](OCCc2ccc(O)c(O)c2)O[C@@H]1CO. The third-order valence-electron chi connectivity index (χ3n) is 7.27. The number of benzene rings is 2. The van der Waals surface area contributed by atoms with Crippen LogP contribution in [0, 0.1) is 0 Å². The van der Waals surface area contributed by atoms with Gasteiger partial charge in [-0.25, -0.2) is 4.79 Å². The lowest BCUT2D eigenvalue weighted by Crippen LogP contribution is -2.60. The average molecular weight is 641 g/mol. The smallest absolute Gasteiger partial charge is 0.331 e. The number of phenols is 3. The van der Waals surface area contributed by atoms with Crippen molar-refractivity contribution in [1.29, 1.82) is 0 Å². The van der Waals surface area contributed by atoms with E-state index in [1.165, 1.54) is 36.4 Å². The van der Waals surface area contributed by atoms with Crippen LogP contribution in [0.4, 0.5) is 0 Å². The monoisotopic (exact) mass is 640 g/mol. The van der Waals surface area contributed by atoms with Crippen molar-refractivity contribution in [2.45, 2.75) is 67.8 Å². The van der Waals surface area contributed by atoms with Gasteiger partial charge in [0.1, 0.15) is 42.7 Å². The van der Waals surface area contributed by atoms with Gasteiger partial charge in [0.25, 0.3) is 0 Å². The Kier molecular flexibility index (Phi) is 11.6. The van der Waals surface area contributed by atoms with Crippen LogP contribution in [0.25, 0.3) is 6.08 Å². The minimum absolute atomic E-state index is 0.0246. The molecule has 0 aromatic heterocycles. The lowest BCUT2D eigenvalue weighted by molar-refractivity contribution is -0.302. The maximum absolute atomic E-state index is 12.5. The van der Waals surface area contributed by atoms with Crippen molar-refractivity contribution in [3.63, 3.8) is 0 Å². The van der Waals surface area contributed by atoms with Gasteiger partial charge in [0, 0.05) is 6.08 Å². The highest BCUT2D eigenvalue weighted by atomic mass is 16.7. The molecule has 4 rings (SSSR count). The third kappa shape index (κ3) is 8.19. The van der Waals surface area contributed by atoms with Crippen molar-refractivity contribution < 1.29 is 79.5 Å². The Labute approximate surface area is 256 Å². The van der Waals surface area contributed by atoms with Crippen molar-refractivity contribution in [3.8, 4) is 23.0 Å². The largest absolute Gasteiger partial charge is 0.504 e. The predicted octanol–water partition coefficient (Wildman–Crippen LogP) is -2.39. The maximum atomic E-state index is 12.5.